The van der Waals surface area contributed by atoms with Gasteiger partial charge >= 0.3 is 6.18 Å². The Bertz CT molecular complexity index is 372. The number of hydrogen-bond acceptors (Lipinski definition) is 2. The molecule has 5 heteroatoms. The fourth-order valence-electron chi connectivity index (χ4n) is 1.07. The van der Waals surface area contributed by atoms with Gasteiger partial charge in [0.05, 0.1) is 5.69 Å². The van der Waals surface area contributed by atoms with Crippen molar-refractivity contribution in [1.29, 1.82) is 0 Å². The molecule has 1 heterocycles. The van der Waals surface area contributed by atoms with Crippen LogP contribution >= 0.6 is 0 Å². The average molecular weight is 265 g/mol. The largest absolute Gasteiger partial charge is 0.399 e. The second-order valence-corrected chi connectivity index (χ2v) is 5.45. The lowest BCUT2D eigenvalue weighted by atomic mass is 9.86. The minimum absolute atomic E-state index is 0.0788. The molecule has 18 heavy (non-hydrogen) atoms. The molecule has 0 atom stereocenters. The summed E-state index contributed by atoms with van der Waals surface area (Å²) in [6, 6.07) is 1.38. The molecule has 0 saturated carbocycles. The second kappa shape index (κ2) is 5.33. The summed E-state index contributed by atoms with van der Waals surface area (Å²) >= 11 is 0. The van der Waals surface area contributed by atoms with Crippen LogP contribution in [0.5, 0.6) is 0 Å². The van der Waals surface area contributed by atoms with Crippen molar-refractivity contribution in [3.05, 3.63) is 17.5 Å². The van der Waals surface area contributed by atoms with Crippen LogP contribution in [0, 0.1) is 0 Å². The molecule has 0 bridgehead atoms. The zero-order chi connectivity index (χ0) is 14.8. The van der Waals surface area contributed by atoms with E-state index in [0.717, 1.165) is 13.8 Å². The van der Waals surface area contributed by atoms with E-state index >= 15 is 0 Å². The molecule has 0 aliphatic rings. The summed E-state index contributed by atoms with van der Waals surface area (Å²) in [5.41, 5.74) is -2.41. The van der Waals surface area contributed by atoms with E-state index in [4.69, 9.17) is 4.52 Å². The summed E-state index contributed by atoms with van der Waals surface area (Å²) in [6.07, 6.45) is -4.33. The fourth-order valence-corrected chi connectivity index (χ4v) is 1.07. The second-order valence-electron chi connectivity index (χ2n) is 5.45. The van der Waals surface area contributed by atoms with Gasteiger partial charge in [-0.05, 0) is 13.8 Å². The summed E-state index contributed by atoms with van der Waals surface area (Å²) in [5.74, 6) is 0.458. The van der Waals surface area contributed by atoms with E-state index in [1.165, 1.54) is 6.07 Å². The van der Waals surface area contributed by atoms with E-state index in [2.05, 4.69) is 5.16 Å². The molecule has 0 amide bonds. The van der Waals surface area contributed by atoms with Crippen LogP contribution in [0.25, 0.3) is 0 Å². The number of hydrogen-bond donors (Lipinski definition) is 0. The molecule has 0 aromatic carbocycles. The van der Waals surface area contributed by atoms with Gasteiger partial charge in [0.2, 0.25) is 0 Å². The van der Waals surface area contributed by atoms with Crippen molar-refractivity contribution in [2.24, 2.45) is 0 Å². The van der Waals surface area contributed by atoms with Crippen LogP contribution in [0.1, 0.15) is 59.9 Å². The Kier molecular flexibility index (Phi) is 5.03. The van der Waals surface area contributed by atoms with Crippen molar-refractivity contribution in [2.75, 3.05) is 0 Å². The van der Waals surface area contributed by atoms with Gasteiger partial charge < -0.3 is 4.52 Å². The predicted octanol–water partition coefficient (Wildman–Crippen LogP) is 4.84. The third-order valence-electron chi connectivity index (χ3n) is 2.60. The van der Waals surface area contributed by atoms with Crippen LogP contribution in [0.3, 0.4) is 0 Å². The van der Waals surface area contributed by atoms with Crippen molar-refractivity contribution in [1.82, 2.24) is 5.16 Å². The highest BCUT2D eigenvalue weighted by molar-refractivity contribution is 5.21. The van der Waals surface area contributed by atoms with Crippen molar-refractivity contribution >= 4 is 0 Å². The highest BCUT2D eigenvalue weighted by Gasteiger charge is 2.50. The van der Waals surface area contributed by atoms with E-state index in [1.54, 1.807) is 0 Å². The van der Waals surface area contributed by atoms with Crippen LogP contribution in [-0.2, 0) is 10.8 Å². The van der Waals surface area contributed by atoms with E-state index in [9.17, 15) is 13.2 Å². The molecule has 0 radical (unpaired) electrons. The maximum absolute atomic E-state index is 12.7. The van der Waals surface area contributed by atoms with Gasteiger partial charge in [0.1, 0.15) is 11.2 Å². The van der Waals surface area contributed by atoms with Crippen LogP contribution in [0.15, 0.2) is 10.6 Å². The third kappa shape index (κ3) is 3.50. The number of alkyl halides is 3. The van der Waals surface area contributed by atoms with Gasteiger partial charge in [-0.1, -0.05) is 39.8 Å². The lowest BCUT2D eigenvalue weighted by molar-refractivity contribution is -0.181. The average Bonchev–Trinajstić information content (AvgIpc) is 2.67. The van der Waals surface area contributed by atoms with Crippen LogP contribution in [-0.4, -0.2) is 11.3 Å². The van der Waals surface area contributed by atoms with Gasteiger partial charge in [0, 0.05) is 11.5 Å². The first-order valence-electron chi connectivity index (χ1n) is 6.00. The van der Waals surface area contributed by atoms with Gasteiger partial charge in [-0.2, -0.15) is 13.2 Å². The van der Waals surface area contributed by atoms with Crippen molar-refractivity contribution in [2.45, 2.75) is 65.5 Å². The highest BCUT2D eigenvalue weighted by atomic mass is 19.4. The molecule has 106 valence electrons. The molecule has 1 rings (SSSR count). The first kappa shape index (κ1) is 17.0. The monoisotopic (exact) mass is 265 g/mol. The lowest BCUT2D eigenvalue weighted by Crippen LogP contribution is -2.36. The Morgan fingerprint density at radius 3 is 1.72 bits per heavy atom. The number of halogens is 3. The minimum atomic E-state index is -4.33. The first-order valence-corrected chi connectivity index (χ1v) is 6.00. The van der Waals surface area contributed by atoms with Crippen LogP contribution in [0.2, 0.25) is 0 Å². The van der Waals surface area contributed by atoms with Gasteiger partial charge in [-0.3, -0.25) is 0 Å². The molecular weight excluding hydrogens is 243 g/mol. The molecule has 0 N–H and O–H groups in total. The SMILES string of the molecule is CC.CC(C)(C)c1cc(C(C)(C)C(F)(F)F)no1. The molecule has 0 aliphatic heterocycles. The topological polar surface area (TPSA) is 26.0 Å². The summed E-state index contributed by atoms with van der Waals surface area (Å²) in [5, 5.41) is 3.53. The standard InChI is InChI=1S/C11H16F3NO.C2H6/c1-9(2,3)8-6-7(15-16-8)10(4,5)11(12,13)14;1-2/h6H,1-5H3;1-2H3. The quantitative estimate of drug-likeness (QED) is 0.726. The van der Waals surface area contributed by atoms with Crippen LogP contribution in [0.4, 0.5) is 13.2 Å². The Balaban J connectivity index is 0.00000137. The molecule has 0 fully saturated rings. The number of rotatable bonds is 1. The summed E-state index contributed by atoms with van der Waals surface area (Å²) in [7, 11) is 0. The predicted molar refractivity (Wildman–Crippen MR) is 65.6 cm³/mol. The van der Waals surface area contributed by atoms with Gasteiger partial charge in [-0.15, -0.1) is 0 Å². The summed E-state index contributed by atoms with van der Waals surface area (Å²) < 4.78 is 43.2. The molecule has 1 aromatic rings. The highest BCUT2D eigenvalue weighted by Crippen LogP contribution is 2.40. The Labute approximate surface area is 107 Å². The van der Waals surface area contributed by atoms with Crippen molar-refractivity contribution in [3.63, 3.8) is 0 Å². The minimum Gasteiger partial charge on any atom is -0.361 e. The molecular formula is C13H22F3NO. The zero-order valence-electron chi connectivity index (χ0n) is 12.1. The van der Waals surface area contributed by atoms with Gasteiger partial charge in [0.15, 0.2) is 0 Å². The Morgan fingerprint density at radius 1 is 1.00 bits per heavy atom. The Hall–Kier alpha value is -1.00. The number of nitrogens with zero attached hydrogens (tertiary/aromatic N) is 1. The summed E-state index contributed by atoms with van der Waals surface area (Å²) in [4.78, 5) is 0. The maximum atomic E-state index is 12.7. The lowest BCUT2D eigenvalue weighted by Gasteiger charge is -2.24. The molecule has 0 unspecified atom stereocenters. The van der Waals surface area contributed by atoms with Gasteiger partial charge in [-0.25, -0.2) is 0 Å². The molecule has 0 aliphatic carbocycles. The molecule has 0 saturated heterocycles. The molecule has 2 nitrogen and oxygen atoms in total. The van der Waals surface area contributed by atoms with Gasteiger partial charge in [0.25, 0.3) is 0 Å². The smallest absolute Gasteiger partial charge is 0.361 e. The maximum Gasteiger partial charge on any atom is 0.399 e. The zero-order valence-corrected chi connectivity index (χ0v) is 12.1. The fraction of sp³-hybridized carbons (Fsp3) is 0.769. The van der Waals surface area contributed by atoms with Crippen molar-refractivity contribution in [3.8, 4) is 0 Å². The van der Waals surface area contributed by atoms with E-state index in [-0.39, 0.29) is 11.1 Å². The normalized spacial score (nSPS) is 13.0. The van der Waals surface area contributed by atoms with E-state index in [0.29, 0.717) is 5.76 Å². The third-order valence-corrected chi connectivity index (χ3v) is 2.60. The number of aromatic nitrogens is 1. The van der Waals surface area contributed by atoms with Crippen LogP contribution < -0.4 is 0 Å². The van der Waals surface area contributed by atoms with Crippen molar-refractivity contribution < 1.29 is 17.7 Å². The Morgan fingerprint density at radius 2 is 1.44 bits per heavy atom. The van der Waals surface area contributed by atoms with E-state index < -0.39 is 11.6 Å². The first-order chi connectivity index (χ1) is 7.96. The molecule has 1 aromatic heterocycles. The van der Waals surface area contributed by atoms with E-state index in [1.807, 2.05) is 34.6 Å². The molecule has 0 spiro atoms. The summed E-state index contributed by atoms with van der Waals surface area (Å²) in [6.45, 7) is 11.8.